The highest BCUT2D eigenvalue weighted by atomic mass is 35.5. The van der Waals surface area contributed by atoms with Gasteiger partial charge in [-0.05, 0) is 79.0 Å². The van der Waals surface area contributed by atoms with Crippen LogP contribution in [-0.4, -0.2) is 5.78 Å². The minimum Gasteiger partial charge on any atom is -0.465 e. The molecule has 2 N–H and O–H groups in total. The molecule has 1 atom stereocenters. The van der Waals surface area contributed by atoms with Crippen LogP contribution in [0.3, 0.4) is 0 Å². The van der Waals surface area contributed by atoms with Crippen molar-refractivity contribution >= 4 is 23.1 Å². The molecule has 0 aromatic heterocycles. The van der Waals surface area contributed by atoms with Crippen molar-refractivity contribution in [2.24, 2.45) is 11.7 Å². The van der Waals surface area contributed by atoms with Gasteiger partial charge in [-0.15, -0.1) is 0 Å². The van der Waals surface area contributed by atoms with E-state index < -0.39 is 0 Å². The number of carbonyl (C=O) groups is 1. The van der Waals surface area contributed by atoms with E-state index in [0.29, 0.717) is 11.6 Å². The normalized spacial score (nSPS) is 18.2. The Bertz CT molecular complexity index is 1000. The van der Waals surface area contributed by atoms with Gasteiger partial charge < -0.3 is 10.5 Å². The lowest BCUT2D eigenvalue weighted by Crippen LogP contribution is -2.21. The molecule has 0 radical (unpaired) electrons. The first-order valence-corrected chi connectivity index (χ1v) is 11.1. The van der Waals surface area contributed by atoms with Gasteiger partial charge >= 0.3 is 0 Å². The third kappa shape index (κ3) is 4.38. The molecule has 1 heterocycles. The fraction of sp³-hybridized carbons (Fsp3) is 0.346. The molecular weight excluding hydrogens is 394 g/mol. The highest BCUT2D eigenvalue weighted by Crippen LogP contribution is 2.53. The summed E-state index contributed by atoms with van der Waals surface area (Å²) in [5.41, 5.74) is 9.72. The van der Waals surface area contributed by atoms with Gasteiger partial charge in [0.05, 0.1) is 6.26 Å². The molecule has 4 rings (SSSR count). The highest BCUT2D eigenvalue weighted by Gasteiger charge is 2.46. The predicted molar refractivity (Wildman–Crippen MR) is 122 cm³/mol. The van der Waals surface area contributed by atoms with Crippen LogP contribution in [0.2, 0.25) is 5.02 Å². The second-order valence-electron chi connectivity index (χ2n) is 8.47. The van der Waals surface area contributed by atoms with Crippen molar-refractivity contribution < 1.29 is 9.53 Å². The molecule has 1 saturated carbocycles. The summed E-state index contributed by atoms with van der Waals surface area (Å²) in [5.74, 6) is 0.938. The van der Waals surface area contributed by atoms with Crippen molar-refractivity contribution in [3.05, 3.63) is 88.2 Å². The van der Waals surface area contributed by atoms with Gasteiger partial charge in [0.1, 0.15) is 5.76 Å². The fourth-order valence-corrected chi connectivity index (χ4v) is 4.65. The Morgan fingerprint density at radius 2 is 2.00 bits per heavy atom. The molecular formula is C26H28ClNO2. The minimum absolute atomic E-state index is 0.00745. The summed E-state index contributed by atoms with van der Waals surface area (Å²) < 4.78 is 5.79. The largest absolute Gasteiger partial charge is 0.465 e. The Morgan fingerprint density at radius 1 is 1.20 bits per heavy atom. The van der Waals surface area contributed by atoms with E-state index in [-0.39, 0.29) is 17.1 Å². The summed E-state index contributed by atoms with van der Waals surface area (Å²) >= 11 is 6.50. The topological polar surface area (TPSA) is 52.3 Å². The first-order valence-electron chi connectivity index (χ1n) is 10.7. The molecule has 1 aliphatic heterocycles. The number of rotatable bonds is 7. The van der Waals surface area contributed by atoms with Crippen LogP contribution in [0.4, 0.5) is 0 Å². The van der Waals surface area contributed by atoms with Crippen LogP contribution in [0, 0.1) is 5.92 Å². The molecule has 0 saturated heterocycles. The average molecular weight is 422 g/mol. The zero-order valence-electron chi connectivity index (χ0n) is 17.4. The monoisotopic (exact) mass is 421 g/mol. The SMILES string of the molecule is CC(CC1(c2cc(Cl)cc(C3=CCCC=CO3)c2)CC1)C(=O)c1ccccc1CN. The lowest BCUT2D eigenvalue weighted by molar-refractivity contribution is 0.0915. The number of benzene rings is 2. The van der Waals surface area contributed by atoms with Crippen LogP contribution in [-0.2, 0) is 16.7 Å². The summed E-state index contributed by atoms with van der Waals surface area (Å²) in [7, 11) is 0. The van der Waals surface area contributed by atoms with Crippen LogP contribution in [0.15, 0.2) is 60.9 Å². The van der Waals surface area contributed by atoms with Crippen LogP contribution in [0.5, 0.6) is 0 Å². The van der Waals surface area contributed by atoms with Gasteiger partial charge in [0.2, 0.25) is 0 Å². The summed E-state index contributed by atoms with van der Waals surface area (Å²) in [5, 5.41) is 0.707. The van der Waals surface area contributed by atoms with Crippen LogP contribution in [0.25, 0.3) is 5.76 Å². The number of hydrogen-bond acceptors (Lipinski definition) is 3. The van der Waals surface area contributed by atoms with Gasteiger partial charge in [-0.2, -0.15) is 0 Å². The van der Waals surface area contributed by atoms with Crippen molar-refractivity contribution in [2.45, 2.75) is 51.0 Å². The molecule has 2 aliphatic rings. The summed E-state index contributed by atoms with van der Waals surface area (Å²) in [6.45, 7) is 2.41. The quantitative estimate of drug-likeness (QED) is 0.526. The Kier molecular flexibility index (Phi) is 6.12. The zero-order chi connectivity index (χ0) is 21.1. The molecule has 2 aromatic carbocycles. The second-order valence-corrected chi connectivity index (χ2v) is 8.91. The van der Waals surface area contributed by atoms with Gasteiger partial charge in [-0.3, -0.25) is 4.79 Å². The zero-order valence-corrected chi connectivity index (χ0v) is 18.1. The van der Waals surface area contributed by atoms with Crippen molar-refractivity contribution in [1.29, 1.82) is 0 Å². The molecule has 0 bridgehead atoms. The first-order chi connectivity index (χ1) is 14.5. The Labute approximate surface area is 183 Å². The molecule has 1 aliphatic carbocycles. The number of Topliss-reactive ketones (excluding diaryl/α,β-unsaturated/α-hetero) is 1. The summed E-state index contributed by atoms with van der Waals surface area (Å²) in [4.78, 5) is 13.2. The predicted octanol–water partition coefficient (Wildman–Crippen LogP) is 6.40. The van der Waals surface area contributed by atoms with E-state index in [1.807, 2.05) is 43.3 Å². The third-order valence-corrected chi connectivity index (χ3v) is 6.47. The molecule has 1 fully saturated rings. The van der Waals surface area contributed by atoms with Crippen molar-refractivity contribution in [1.82, 2.24) is 0 Å². The lowest BCUT2D eigenvalue weighted by atomic mass is 9.82. The van der Waals surface area contributed by atoms with Gasteiger partial charge in [0, 0.05) is 28.6 Å². The van der Waals surface area contributed by atoms with E-state index in [9.17, 15) is 4.79 Å². The van der Waals surface area contributed by atoms with Gasteiger partial charge in [-0.25, -0.2) is 0 Å². The van der Waals surface area contributed by atoms with E-state index in [1.165, 1.54) is 5.56 Å². The van der Waals surface area contributed by atoms with E-state index in [2.05, 4.69) is 18.2 Å². The van der Waals surface area contributed by atoms with Crippen LogP contribution >= 0.6 is 11.6 Å². The second kappa shape index (κ2) is 8.79. The number of carbonyl (C=O) groups excluding carboxylic acids is 1. The first kappa shape index (κ1) is 20.9. The molecule has 3 nitrogen and oxygen atoms in total. The fourth-order valence-electron chi connectivity index (χ4n) is 4.42. The van der Waals surface area contributed by atoms with Crippen LogP contribution in [0.1, 0.15) is 66.1 Å². The molecule has 1 unspecified atom stereocenters. The van der Waals surface area contributed by atoms with Crippen molar-refractivity contribution in [3.63, 3.8) is 0 Å². The lowest BCUT2D eigenvalue weighted by Gasteiger charge is -2.22. The highest BCUT2D eigenvalue weighted by molar-refractivity contribution is 6.30. The molecule has 2 aromatic rings. The Morgan fingerprint density at radius 3 is 2.77 bits per heavy atom. The Balaban J connectivity index is 1.58. The number of ketones is 1. The molecule has 4 heteroatoms. The standard InChI is InChI=1S/C26H28ClNO2/c1-18(25(29)23-8-5-4-7-19(23)17-28)16-26(10-11-26)21-13-20(14-22(27)15-21)24-9-3-2-6-12-30-24/h4-9,12-15,18H,2-3,10-11,16-17,28H2,1H3. The maximum absolute atomic E-state index is 13.2. The van der Waals surface area contributed by atoms with E-state index >= 15 is 0 Å². The van der Waals surface area contributed by atoms with Gasteiger partial charge in [-0.1, -0.05) is 42.8 Å². The van der Waals surface area contributed by atoms with Gasteiger partial charge in [0.15, 0.2) is 5.78 Å². The number of halogens is 1. The third-order valence-electron chi connectivity index (χ3n) is 6.25. The summed E-state index contributed by atoms with van der Waals surface area (Å²) in [6, 6.07) is 13.9. The summed E-state index contributed by atoms with van der Waals surface area (Å²) in [6.07, 6.45) is 10.8. The van der Waals surface area contributed by atoms with E-state index in [1.54, 1.807) is 6.26 Å². The number of ether oxygens (including phenoxy) is 1. The average Bonchev–Trinajstić information content (AvgIpc) is 3.57. The smallest absolute Gasteiger partial charge is 0.166 e. The number of nitrogens with two attached hydrogens (primary N) is 1. The minimum atomic E-state index is -0.0843. The maximum atomic E-state index is 13.2. The molecule has 30 heavy (non-hydrogen) atoms. The van der Waals surface area contributed by atoms with Crippen LogP contribution < -0.4 is 5.73 Å². The maximum Gasteiger partial charge on any atom is 0.166 e. The molecule has 0 amide bonds. The number of allylic oxidation sites excluding steroid dienone is 2. The van der Waals surface area contributed by atoms with E-state index in [0.717, 1.165) is 54.6 Å². The van der Waals surface area contributed by atoms with Crippen molar-refractivity contribution in [3.8, 4) is 0 Å². The van der Waals surface area contributed by atoms with Gasteiger partial charge in [0.25, 0.3) is 0 Å². The van der Waals surface area contributed by atoms with Crippen molar-refractivity contribution in [2.75, 3.05) is 0 Å². The van der Waals surface area contributed by atoms with E-state index in [4.69, 9.17) is 22.1 Å². The molecule has 0 spiro atoms. The number of hydrogen-bond donors (Lipinski definition) is 1. The molecule has 156 valence electrons. The Hall–Kier alpha value is -2.36.